The number of carbonyl (C=O) groups excluding carboxylic acids is 1. The summed E-state index contributed by atoms with van der Waals surface area (Å²) >= 11 is 4.72. The molecule has 0 aliphatic carbocycles. The third-order valence-electron chi connectivity index (χ3n) is 3.49. The van der Waals surface area contributed by atoms with Gasteiger partial charge < -0.3 is 10.1 Å². The van der Waals surface area contributed by atoms with Crippen LogP contribution in [0.1, 0.15) is 9.67 Å². The van der Waals surface area contributed by atoms with Crippen LogP contribution >= 0.6 is 27.3 Å². The molecule has 1 aromatic carbocycles. The molecule has 7 nitrogen and oxygen atoms in total. The fraction of sp³-hybridized carbons (Fsp3) is 0. The molecule has 0 atom stereocenters. The molecule has 0 aliphatic rings. The Kier molecular flexibility index (Phi) is 4.95. The van der Waals surface area contributed by atoms with Crippen molar-refractivity contribution in [1.29, 1.82) is 0 Å². The first-order chi connectivity index (χ1) is 13.2. The normalized spacial score (nSPS) is 10.6. The maximum atomic E-state index is 12.2. The quantitative estimate of drug-likeness (QED) is 0.491. The second kappa shape index (κ2) is 7.68. The summed E-state index contributed by atoms with van der Waals surface area (Å²) in [6, 6.07) is 14.1. The van der Waals surface area contributed by atoms with Crippen LogP contribution < -0.4 is 10.1 Å². The summed E-state index contributed by atoms with van der Waals surface area (Å²) in [6.07, 6.45) is 3.45. The molecule has 0 saturated heterocycles. The standard InChI is InChI=1S/C18H12BrN5O2S/c19-12-10-15(27-11-12)18(25)21-13-2-4-14(5-3-13)26-17-7-6-16(22-23-17)24-9-1-8-20-24/h1-11H,(H,21,25). The van der Waals surface area contributed by atoms with Gasteiger partial charge in [0.25, 0.3) is 5.91 Å². The molecule has 0 bridgehead atoms. The average Bonchev–Trinajstić information content (AvgIpc) is 3.36. The van der Waals surface area contributed by atoms with Crippen LogP contribution in [0.4, 0.5) is 5.69 Å². The number of carbonyl (C=O) groups is 1. The highest BCUT2D eigenvalue weighted by Gasteiger charge is 2.09. The third kappa shape index (κ3) is 4.21. The fourth-order valence-corrected chi connectivity index (χ4v) is 3.57. The number of ether oxygens (including phenoxy) is 1. The Morgan fingerprint density at radius 2 is 2.00 bits per heavy atom. The van der Waals surface area contributed by atoms with Gasteiger partial charge in [-0.25, -0.2) is 4.68 Å². The van der Waals surface area contributed by atoms with Crippen molar-refractivity contribution in [3.05, 3.63) is 75.7 Å². The van der Waals surface area contributed by atoms with Crippen molar-refractivity contribution in [2.24, 2.45) is 0 Å². The molecule has 4 rings (SSSR count). The molecule has 9 heteroatoms. The van der Waals surface area contributed by atoms with Gasteiger partial charge in [0.1, 0.15) is 5.75 Å². The lowest BCUT2D eigenvalue weighted by molar-refractivity contribution is 0.103. The number of nitrogens with one attached hydrogen (secondary N) is 1. The first-order valence-electron chi connectivity index (χ1n) is 7.84. The SMILES string of the molecule is O=C(Nc1ccc(Oc2ccc(-n3cccn3)nn2)cc1)c1cc(Br)cs1. The number of thiophene rings is 1. The van der Waals surface area contributed by atoms with Gasteiger partial charge in [0.2, 0.25) is 5.88 Å². The largest absolute Gasteiger partial charge is 0.438 e. The van der Waals surface area contributed by atoms with Crippen molar-refractivity contribution in [2.75, 3.05) is 5.32 Å². The molecule has 0 radical (unpaired) electrons. The minimum Gasteiger partial charge on any atom is -0.438 e. The Balaban J connectivity index is 1.39. The van der Waals surface area contributed by atoms with E-state index < -0.39 is 0 Å². The molecule has 0 unspecified atom stereocenters. The van der Waals surface area contributed by atoms with Gasteiger partial charge >= 0.3 is 0 Å². The van der Waals surface area contributed by atoms with Gasteiger partial charge in [-0.2, -0.15) is 5.10 Å². The van der Waals surface area contributed by atoms with E-state index in [0.717, 1.165) is 4.47 Å². The van der Waals surface area contributed by atoms with E-state index >= 15 is 0 Å². The summed E-state index contributed by atoms with van der Waals surface area (Å²) in [5.74, 6) is 1.41. The van der Waals surface area contributed by atoms with E-state index in [-0.39, 0.29) is 5.91 Å². The van der Waals surface area contributed by atoms with Crippen molar-refractivity contribution < 1.29 is 9.53 Å². The molecule has 0 fully saturated rings. The molecule has 0 aliphatic heterocycles. The number of hydrogen-bond acceptors (Lipinski definition) is 6. The Hall–Kier alpha value is -3.04. The van der Waals surface area contributed by atoms with Gasteiger partial charge in [-0.05, 0) is 58.4 Å². The van der Waals surface area contributed by atoms with E-state index in [1.807, 2.05) is 11.4 Å². The number of rotatable bonds is 5. The lowest BCUT2D eigenvalue weighted by Gasteiger charge is -2.07. The highest BCUT2D eigenvalue weighted by molar-refractivity contribution is 9.10. The van der Waals surface area contributed by atoms with Crippen LogP contribution in [0.15, 0.2) is 70.8 Å². The molecule has 3 aromatic heterocycles. The van der Waals surface area contributed by atoms with Crippen LogP contribution in [0, 0.1) is 0 Å². The van der Waals surface area contributed by atoms with Gasteiger partial charge in [0.05, 0.1) is 4.88 Å². The second-order valence-corrected chi connectivity index (χ2v) is 7.22. The summed E-state index contributed by atoms with van der Waals surface area (Å²) in [6.45, 7) is 0. The van der Waals surface area contributed by atoms with Crippen LogP contribution in [0.5, 0.6) is 11.6 Å². The van der Waals surface area contributed by atoms with E-state index in [1.165, 1.54) is 11.3 Å². The van der Waals surface area contributed by atoms with E-state index in [9.17, 15) is 4.79 Å². The number of benzene rings is 1. The van der Waals surface area contributed by atoms with Gasteiger partial charge in [-0.3, -0.25) is 4.79 Å². The van der Waals surface area contributed by atoms with Gasteiger partial charge in [-0.15, -0.1) is 21.5 Å². The summed E-state index contributed by atoms with van der Waals surface area (Å²) in [5, 5.41) is 16.9. The number of nitrogens with zero attached hydrogens (tertiary/aromatic N) is 4. The molecular weight excluding hydrogens is 430 g/mol. The zero-order chi connectivity index (χ0) is 18.6. The molecule has 0 saturated carbocycles. The van der Waals surface area contributed by atoms with Crippen LogP contribution in [0.2, 0.25) is 0 Å². The van der Waals surface area contributed by atoms with E-state index in [2.05, 4.69) is 36.5 Å². The predicted molar refractivity (Wildman–Crippen MR) is 106 cm³/mol. The zero-order valence-corrected chi connectivity index (χ0v) is 16.1. The third-order valence-corrected chi connectivity index (χ3v) is 5.18. The molecular formula is C18H12BrN5O2S. The first-order valence-corrected chi connectivity index (χ1v) is 9.52. The number of aromatic nitrogens is 4. The Labute approximate surface area is 166 Å². The van der Waals surface area contributed by atoms with Crippen LogP contribution in [-0.4, -0.2) is 25.9 Å². The fourth-order valence-electron chi connectivity index (χ4n) is 2.25. The minimum absolute atomic E-state index is 0.153. The first kappa shape index (κ1) is 17.4. The lowest BCUT2D eigenvalue weighted by atomic mass is 10.3. The van der Waals surface area contributed by atoms with Gasteiger partial charge in [0.15, 0.2) is 5.82 Å². The highest BCUT2D eigenvalue weighted by atomic mass is 79.9. The van der Waals surface area contributed by atoms with Crippen LogP contribution in [0.25, 0.3) is 5.82 Å². The minimum atomic E-state index is -0.153. The molecule has 134 valence electrons. The summed E-state index contributed by atoms with van der Waals surface area (Å²) < 4.78 is 8.18. The smallest absolute Gasteiger partial charge is 0.265 e. The molecule has 1 N–H and O–H groups in total. The summed E-state index contributed by atoms with van der Waals surface area (Å²) in [7, 11) is 0. The predicted octanol–water partition coefficient (Wildman–Crippen LogP) is 4.53. The average molecular weight is 442 g/mol. The number of amides is 1. The van der Waals surface area contributed by atoms with Crippen molar-refractivity contribution in [1.82, 2.24) is 20.0 Å². The second-order valence-electron chi connectivity index (χ2n) is 5.39. The van der Waals surface area contributed by atoms with Crippen LogP contribution in [0.3, 0.4) is 0 Å². The van der Waals surface area contributed by atoms with Gasteiger partial charge in [-0.1, -0.05) is 0 Å². The lowest BCUT2D eigenvalue weighted by Crippen LogP contribution is -2.09. The topological polar surface area (TPSA) is 81.9 Å². The Morgan fingerprint density at radius 3 is 2.63 bits per heavy atom. The van der Waals surface area contributed by atoms with E-state index in [1.54, 1.807) is 59.5 Å². The van der Waals surface area contributed by atoms with E-state index in [4.69, 9.17) is 4.74 Å². The summed E-state index contributed by atoms with van der Waals surface area (Å²) in [4.78, 5) is 12.8. The number of halogens is 1. The van der Waals surface area contributed by atoms with Crippen LogP contribution in [-0.2, 0) is 0 Å². The highest BCUT2D eigenvalue weighted by Crippen LogP contribution is 2.23. The molecule has 1 amide bonds. The van der Waals surface area contributed by atoms with Crippen molar-refractivity contribution in [3.8, 4) is 17.4 Å². The monoisotopic (exact) mass is 441 g/mol. The van der Waals surface area contributed by atoms with E-state index in [0.29, 0.717) is 28.0 Å². The van der Waals surface area contributed by atoms with Crippen molar-refractivity contribution >= 4 is 38.9 Å². The zero-order valence-electron chi connectivity index (χ0n) is 13.7. The molecule has 4 aromatic rings. The number of anilines is 1. The van der Waals surface area contributed by atoms with Crippen molar-refractivity contribution in [2.45, 2.75) is 0 Å². The maximum absolute atomic E-state index is 12.2. The Morgan fingerprint density at radius 1 is 1.15 bits per heavy atom. The number of hydrogen-bond donors (Lipinski definition) is 1. The van der Waals surface area contributed by atoms with Gasteiger partial charge in [0, 0.05) is 34.0 Å². The molecule has 0 spiro atoms. The van der Waals surface area contributed by atoms with Crippen molar-refractivity contribution in [3.63, 3.8) is 0 Å². The summed E-state index contributed by atoms with van der Waals surface area (Å²) in [5.41, 5.74) is 0.678. The molecule has 3 heterocycles. The molecule has 27 heavy (non-hydrogen) atoms. The Bertz CT molecular complexity index is 1050. The maximum Gasteiger partial charge on any atom is 0.265 e.